The van der Waals surface area contributed by atoms with Crippen LogP contribution in [0.1, 0.15) is 5.56 Å². The lowest BCUT2D eigenvalue weighted by atomic mass is 10.2. The van der Waals surface area contributed by atoms with Crippen LogP contribution in [0.15, 0.2) is 51.8 Å². The van der Waals surface area contributed by atoms with E-state index in [9.17, 15) is 8.42 Å². The number of sulfonamides is 1. The van der Waals surface area contributed by atoms with Crippen LogP contribution < -0.4 is 5.73 Å². The Hall–Kier alpha value is -1.08. The Bertz CT molecular complexity index is 765. The summed E-state index contributed by atoms with van der Waals surface area (Å²) in [4.78, 5) is 0.0208. The van der Waals surface area contributed by atoms with Crippen molar-refractivity contribution in [2.24, 2.45) is 0 Å². The van der Waals surface area contributed by atoms with Gasteiger partial charge in [-0.25, -0.2) is 8.42 Å². The third-order valence-corrected chi connectivity index (χ3v) is 5.55. The van der Waals surface area contributed by atoms with Gasteiger partial charge in [-0.15, -0.1) is 0 Å². The number of hydrogen-bond acceptors (Lipinski definition) is 3. The number of nitrogens with two attached hydrogens (primary N) is 1. The van der Waals surface area contributed by atoms with Gasteiger partial charge in [-0.05, 0) is 35.9 Å². The SMILES string of the molecule is CN(Cc1cccc(Br)c1)S(=O)(=O)c1cc(Cl)ccc1N. The second-order valence-electron chi connectivity index (χ2n) is 4.57. The van der Waals surface area contributed by atoms with Gasteiger partial charge in [0.15, 0.2) is 0 Å². The predicted molar refractivity (Wildman–Crippen MR) is 88.7 cm³/mol. The molecule has 0 aliphatic rings. The molecule has 4 nitrogen and oxygen atoms in total. The van der Waals surface area contributed by atoms with Crippen molar-refractivity contribution in [1.29, 1.82) is 0 Å². The Kier molecular flexibility index (Phi) is 4.93. The fourth-order valence-corrected chi connectivity index (χ4v) is 3.86. The highest BCUT2D eigenvalue weighted by Crippen LogP contribution is 2.26. The molecule has 0 radical (unpaired) electrons. The topological polar surface area (TPSA) is 63.4 Å². The fraction of sp³-hybridized carbons (Fsp3) is 0.143. The van der Waals surface area contributed by atoms with Crippen molar-refractivity contribution in [1.82, 2.24) is 4.31 Å². The van der Waals surface area contributed by atoms with E-state index in [4.69, 9.17) is 17.3 Å². The molecule has 21 heavy (non-hydrogen) atoms. The lowest BCUT2D eigenvalue weighted by molar-refractivity contribution is 0.467. The van der Waals surface area contributed by atoms with Crippen molar-refractivity contribution in [2.45, 2.75) is 11.4 Å². The van der Waals surface area contributed by atoms with E-state index in [1.807, 2.05) is 24.3 Å². The molecule has 0 aliphatic heterocycles. The van der Waals surface area contributed by atoms with E-state index in [1.165, 1.54) is 23.5 Å². The van der Waals surface area contributed by atoms with Crippen LogP contribution in [0.5, 0.6) is 0 Å². The quantitative estimate of drug-likeness (QED) is 0.814. The molecular weight excluding hydrogens is 376 g/mol. The average Bonchev–Trinajstić information content (AvgIpc) is 2.41. The molecule has 0 unspecified atom stereocenters. The Balaban J connectivity index is 2.33. The number of halogens is 2. The second-order valence-corrected chi connectivity index (χ2v) is 7.94. The molecule has 2 N–H and O–H groups in total. The highest BCUT2D eigenvalue weighted by atomic mass is 79.9. The number of nitrogen functional groups attached to an aromatic ring is 1. The first-order chi connectivity index (χ1) is 9.80. The number of anilines is 1. The Morgan fingerprint density at radius 2 is 1.95 bits per heavy atom. The van der Waals surface area contributed by atoms with Crippen LogP contribution in [0.25, 0.3) is 0 Å². The summed E-state index contributed by atoms with van der Waals surface area (Å²) in [5.41, 5.74) is 6.81. The van der Waals surface area contributed by atoms with Crippen LogP contribution in [-0.2, 0) is 16.6 Å². The zero-order valence-electron chi connectivity index (χ0n) is 11.3. The van der Waals surface area contributed by atoms with Crippen molar-refractivity contribution < 1.29 is 8.42 Å². The van der Waals surface area contributed by atoms with Gasteiger partial charge in [0, 0.05) is 23.1 Å². The first-order valence-corrected chi connectivity index (χ1v) is 8.67. The van der Waals surface area contributed by atoms with E-state index in [0.29, 0.717) is 5.02 Å². The summed E-state index contributed by atoms with van der Waals surface area (Å²) < 4.78 is 27.3. The van der Waals surface area contributed by atoms with Gasteiger partial charge in [-0.2, -0.15) is 4.31 Å². The molecule has 0 bridgehead atoms. The van der Waals surface area contributed by atoms with E-state index in [2.05, 4.69) is 15.9 Å². The lowest BCUT2D eigenvalue weighted by Gasteiger charge is -2.18. The smallest absolute Gasteiger partial charge is 0.245 e. The molecule has 0 saturated heterocycles. The van der Waals surface area contributed by atoms with Crippen LogP contribution >= 0.6 is 27.5 Å². The van der Waals surface area contributed by atoms with Gasteiger partial charge in [-0.3, -0.25) is 0 Å². The molecular formula is C14H14BrClN2O2S. The molecule has 0 fully saturated rings. The van der Waals surface area contributed by atoms with Gasteiger partial charge in [0.2, 0.25) is 10.0 Å². The van der Waals surface area contributed by atoms with Crippen molar-refractivity contribution in [3.8, 4) is 0 Å². The van der Waals surface area contributed by atoms with E-state index in [1.54, 1.807) is 6.07 Å². The second kappa shape index (κ2) is 6.36. The first kappa shape index (κ1) is 16.3. The Morgan fingerprint density at radius 1 is 1.24 bits per heavy atom. The van der Waals surface area contributed by atoms with Crippen LogP contribution in [0.3, 0.4) is 0 Å². The van der Waals surface area contributed by atoms with Gasteiger partial charge < -0.3 is 5.73 Å². The third kappa shape index (κ3) is 3.77. The van der Waals surface area contributed by atoms with Crippen LogP contribution in [0.2, 0.25) is 5.02 Å². The molecule has 2 rings (SSSR count). The fourth-order valence-electron chi connectivity index (χ4n) is 1.88. The van der Waals surface area contributed by atoms with Gasteiger partial charge in [0.05, 0.1) is 5.69 Å². The van der Waals surface area contributed by atoms with E-state index in [-0.39, 0.29) is 17.1 Å². The summed E-state index contributed by atoms with van der Waals surface area (Å²) in [7, 11) is -2.18. The maximum atomic E-state index is 12.6. The molecule has 0 atom stereocenters. The molecule has 0 aromatic heterocycles. The van der Waals surface area contributed by atoms with Crippen LogP contribution in [-0.4, -0.2) is 19.8 Å². The summed E-state index contributed by atoms with van der Waals surface area (Å²) in [6, 6.07) is 11.9. The van der Waals surface area contributed by atoms with Gasteiger partial charge in [0.25, 0.3) is 0 Å². The van der Waals surface area contributed by atoms with Crippen LogP contribution in [0, 0.1) is 0 Å². The minimum Gasteiger partial charge on any atom is -0.398 e. The third-order valence-electron chi connectivity index (χ3n) is 2.96. The summed E-state index contributed by atoms with van der Waals surface area (Å²) in [5, 5.41) is 0.332. The minimum atomic E-state index is -3.69. The van der Waals surface area contributed by atoms with Gasteiger partial charge in [0.1, 0.15) is 4.90 Å². The zero-order chi connectivity index (χ0) is 15.6. The van der Waals surface area contributed by atoms with Crippen molar-refractivity contribution >= 4 is 43.2 Å². The van der Waals surface area contributed by atoms with Gasteiger partial charge in [-0.1, -0.05) is 39.7 Å². The normalized spacial score (nSPS) is 11.8. The summed E-state index contributed by atoms with van der Waals surface area (Å²) in [6.07, 6.45) is 0. The monoisotopic (exact) mass is 388 g/mol. The zero-order valence-corrected chi connectivity index (χ0v) is 14.4. The van der Waals surface area contributed by atoms with Crippen molar-refractivity contribution in [2.75, 3.05) is 12.8 Å². The first-order valence-electron chi connectivity index (χ1n) is 6.06. The largest absolute Gasteiger partial charge is 0.398 e. The molecule has 0 aliphatic carbocycles. The van der Waals surface area contributed by atoms with Crippen LogP contribution in [0.4, 0.5) is 5.69 Å². The standard InChI is InChI=1S/C14H14BrClN2O2S/c1-18(9-10-3-2-4-11(15)7-10)21(19,20)14-8-12(16)5-6-13(14)17/h2-8H,9,17H2,1H3. The minimum absolute atomic E-state index is 0.0208. The molecule has 112 valence electrons. The van der Waals surface area contributed by atoms with Crippen molar-refractivity contribution in [3.63, 3.8) is 0 Å². The number of benzene rings is 2. The molecule has 2 aromatic rings. The summed E-state index contributed by atoms with van der Waals surface area (Å²) in [5.74, 6) is 0. The molecule has 2 aromatic carbocycles. The number of nitrogens with zero attached hydrogens (tertiary/aromatic N) is 1. The summed E-state index contributed by atoms with van der Waals surface area (Å²) in [6.45, 7) is 0.244. The molecule has 7 heteroatoms. The van der Waals surface area contributed by atoms with E-state index < -0.39 is 10.0 Å². The Labute approximate surface area is 137 Å². The lowest BCUT2D eigenvalue weighted by Crippen LogP contribution is -2.27. The highest BCUT2D eigenvalue weighted by molar-refractivity contribution is 9.10. The highest BCUT2D eigenvalue weighted by Gasteiger charge is 2.23. The summed E-state index contributed by atoms with van der Waals surface area (Å²) >= 11 is 9.23. The maximum absolute atomic E-state index is 12.6. The number of hydrogen-bond donors (Lipinski definition) is 1. The molecule has 0 heterocycles. The average molecular weight is 390 g/mol. The number of rotatable bonds is 4. The predicted octanol–water partition coefficient (Wildman–Crippen LogP) is 3.51. The molecule has 0 saturated carbocycles. The Morgan fingerprint density at radius 3 is 2.62 bits per heavy atom. The van der Waals surface area contributed by atoms with E-state index in [0.717, 1.165) is 10.0 Å². The van der Waals surface area contributed by atoms with E-state index >= 15 is 0 Å². The van der Waals surface area contributed by atoms with Gasteiger partial charge >= 0.3 is 0 Å². The molecule has 0 amide bonds. The maximum Gasteiger partial charge on any atom is 0.245 e. The molecule has 0 spiro atoms. The van der Waals surface area contributed by atoms with Crippen molar-refractivity contribution in [3.05, 3.63) is 57.5 Å².